The summed E-state index contributed by atoms with van der Waals surface area (Å²) in [6.07, 6.45) is 1.27. The summed E-state index contributed by atoms with van der Waals surface area (Å²) < 4.78 is 5.47. The van der Waals surface area contributed by atoms with Gasteiger partial charge in [-0.2, -0.15) is 0 Å². The number of aryl methyl sites for hydroxylation is 1. The minimum absolute atomic E-state index is 0.0215. The van der Waals surface area contributed by atoms with Crippen LogP contribution in [0, 0.1) is 18.3 Å². The molecule has 0 bridgehead atoms. The molecule has 0 spiro atoms. The monoisotopic (exact) mass is 386 g/mol. The van der Waals surface area contributed by atoms with Crippen LogP contribution in [0.5, 0.6) is 0 Å². The molecule has 0 aliphatic carbocycles. The zero-order valence-electron chi connectivity index (χ0n) is 16.1. The Balaban J connectivity index is 1.51. The minimum atomic E-state index is -0.918. The van der Waals surface area contributed by atoms with Crippen molar-refractivity contribution in [2.45, 2.75) is 38.8 Å². The molecule has 0 aromatic heterocycles. The molecule has 3 heterocycles. The topological polar surface area (TPSA) is 87.2 Å². The summed E-state index contributed by atoms with van der Waals surface area (Å²) >= 11 is 0. The Kier molecular flexibility index (Phi) is 4.87. The second-order valence-corrected chi connectivity index (χ2v) is 8.26. The summed E-state index contributed by atoms with van der Waals surface area (Å²) in [5, 5.41) is 9.82. The van der Waals surface area contributed by atoms with Gasteiger partial charge in [-0.25, -0.2) is 0 Å². The highest BCUT2D eigenvalue weighted by Crippen LogP contribution is 2.43. The minimum Gasteiger partial charge on any atom is -0.481 e. The van der Waals surface area contributed by atoms with Crippen LogP contribution < -0.4 is 0 Å². The maximum Gasteiger partial charge on any atom is 0.311 e. The van der Waals surface area contributed by atoms with Crippen molar-refractivity contribution in [3.63, 3.8) is 0 Å². The predicted molar refractivity (Wildman–Crippen MR) is 100 cm³/mol. The third kappa shape index (κ3) is 3.17. The second kappa shape index (κ2) is 7.20. The van der Waals surface area contributed by atoms with Crippen molar-refractivity contribution in [2.24, 2.45) is 11.3 Å². The number of hydrogen-bond acceptors (Lipinski definition) is 4. The molecular weight excluding hydrogens is 360 g/mol. The molecule has 3 aliphatic heterocycles. The second-order valence-electron chi connectivity index (χ2n) is 8.26. The van der Waals surface area contributed by atoms with Gasteiger partial charge in [-0.1, -0.05) is 29.8 Å². The van der Waals surface area contributed by atoms with Gasteiger partial charge in [-0.05, 0) is 25.3 Å². The molecule has 1 aromatic rings. The fourth-order valence-electron chi connectivity index (χ4n) is 4.76. The normalized spacial score (nSPS) is 29.8. The fraction of sp³-hybridized carbons (Fsp3) is 0.571. The molecule has 1 unspecified atom stereocenters. The Bertz CT molecular complexity index is 792. The number of carboxylic acid groups (broad SMARTS) is 1. The molecule has 4 rings (SSSR count). The van der Waals surface area contributed by atoms with Gasteiger partial charge in [0, 0.05) is 38.6 Å². The van der Waals surface area contributed by atoms with Gasteiger partial charge in [0.05, 0.1) is 12.0 Å². The number of carboxylic acids is 1. The highest BCUT2D eigenvalue weighted by Gasteiger charge is 2.56. The number of carbonyl (C=O) groups excluding carboxylic acids is 2. The number of fused-ring (bicyclic) bond motifs is 1. The summed E-state index contributed by atoms with van der Waals surface area (Å²) in [5.41, 5.74) is 1.22. The van der Waals surface area contributed by atoms with E-state index in [1.165, 1.54) is 0 Å². The van der Waals surface area contributed by atoms with Crippen LogP contribution in [-0.4, -0.2) is 65.0 Å². The quantitative estimate of drug-likeness (QED) is 0.846. The van der Waals surface area contributed by atoms with Crippen molar-refractivity contribution >= 4 is 17.8 Å². The van der Waals surface area contributed by atoms with Crippen molar-refractivity contribution in [1.29, 1.82) is 0 Å². The van der Waals surface area contributed by atoms with Crippen molar-refractivity contribution < 1.29 is 24.2 Å². The van der Waals surface area contributed by atoms with Crippen molar-refractivity contribution in [1.82, 2.24) is 9.80 Å². The summed E-state index contributed by atoms with van der Waals surface area (Å²) in [4.78, 5) is 41.0. The smallest absolute Gasteiger partial charge is 0.311 e. The molecule has 150 valence electrons. The van der Waals surface area contributed by atoms with Crippen LogP contribution in [0.25, 0.3) is 0 Å². The molecule has 7 nitrogen and oxygen atoms in total. The SMILES string of the molecule is Cc1ccc(CN2C(=O)CCC2C(=O)N2C[C@H]3COCC[C@@]3(C(=O)O)C2)cc1. The van der Waals surface area contributed by atoms with Crippen molar-refractivity contribution in [3.8, 4) is 0 Å². The predicted octanol–water partition coefficient (Wildman–Crippen LogP) is 1.44. The van der Waals surface area contributed by atoms with E-state index in [2.05, 4.69) is 0 Å². The zero-order chi connectivity index (χ0) is 19.9. The maximum absolute atomic E-state index is 13.3. The van der Waals surface area contributed by atoms with Gasteiger partial charge in [-0.3, -0.25) is 14.4 Å². The van der Waals surface area contributed by atoms with E-state index in [1.807, 2.05) is 31.2 Å². The molecule has 1 N–H and O–H groups in total. The van der Waals surface area contributed by atoms with E-state index in [-0.39, 0.29) is 24.3 Å². The van der Waals surface area contributed by atoms with E-state index < -0.39 is 17.4 Å². The molecule has 3 fully saturated rings. The van der Waals surface area contributed by atoms with Crippen LogP contribution in [0.15, 0.2) is 24.3 Å². The van der Waals surface area contributed by atoms with Crippen molar-refractivity contribution in [2.75, 3.05) is 26.3 Å². The van der Waals surface area contributed by atoms with Gasteiger partial charge in [0.2, 0.25) is 11.8 Å². The number of amides is 2. The molecule has 0 radical (unpaired) electrons. The molecule has 7 heteroatoms. The molecule has 3 aliphatic rings. The Morgan fingerprint density at radius 1 is 1.29 bits per heavy atom. The van der Waals surface area contributed by atoms with Gasteiger partial charge in [0.1, 0.15) is 6.04 Å². The first kappa shape index (κ1) is 18.9. The number of nitrogens with zero attached hydrogens (tertiary/aromatic N) is 2. The molecule has 3 atom stereocenters. The average Bonchev–Trinajstić information content (AvgIpc) is 3.25. The lowest BCUT2D eigenvalue weighted by molar-refractivity contribution is -0.157. The zero-order valence-corrected chi connectivity index (χ0v) is 16.1. The maximum atomic E-state index is 13.3. The Hall–Kier alpha value is -2.41. The summed E-state index contributed by atoms with van der Waals surface area (Å²) in [6, 6.07) is 7.43. The largest absolute Gasteiger partial charge is 0.481 e. The number of rotatable bonds is 4. The highest BCUT2D eigenvalue weighted by atomic mass is 16.5. The number of likely N-dealkylation sites (tertiary alicyclic amines) is 2. The number of carbonyl (C=O) groups is 3. The van der Waals surface area contributed by atoms with Gasteiger partial charge in [-0.15, -0.1) is 0 Å². The lowest BCUT2D eigenvalue weighted by atomic mass is 9.74. The van der Waals surface area contributed by atoms with Gasteiger partial charge in [0.15, 0.2) is 0 Å². The average molecular weight is 386 g/mol. The Morgan fingerprint density at radius 3 is 2.71 bits per heavy atom. The lowest BCUT2D eigenvalue weighted by Crippen LogP contribution is -2.47. The number of ether oxygens (including phenoxy) is 1. The Morgan fingerprint density at radius 2 is 2.04 bits per heavy atom. The van der Waals surface area contributed by atoms with E-state index >= 15 is 0 Å². The van der Waals surface area contributed by atoms with Crippen LogP contribution in [0.1, 0.15) is 30.4 Å². The summed E-state index contributed by atoms with van der Waals surface area (Å²) in [7, 11) is 0. The van der Waals surface area contributed by atoms with E-state index in [0.29, 0.717) is 45.6 Å². The third-order valence-corrected chi connectivity index (χ3v) is 6.53. The molecule has 1 aromatic carbocycles. The third-order valence-electron chi connectivity index (χ3n) is 6.53. The first-order valence-electron chi connectivity index (χ1n) is 9.86. The highest BCUT2D eigenvalue weighted by molar-refractivity contribution is 5.91. The van der Waals surface area contributed by atoms with Crippen LogP contribution in [0.3, 0.4) is 0 Å². The van der Waals surface area contributed by atoms with Crippen LogP contribution in [-0.2, 0) is 25.7 Å². The molecule has 0 saturated carbocycles. The lowest BCUT2D eigenvalue weighted by Gasteiger charge is -2.34. The standard InChI is InChI=1S/C21H26N2O5/c1-14-2-4-15(5-3-14)10-23-17(6-7-18(23)24)19(25)22-11-16-12-28-9-8-21(16,13-22)20(26)27/h2-5,16-17H,6-13H2,1H3,(H,26,27)/t16-,17?,21+/m0/s1. The molecule has 2 amide bonds. The van der Waals surface area contributed by atoms with Gasteiger partial charge >= 0.3 is 5.97 Å². The van der Waals surface area contributed by atoms with Gasteiger partial charge < -0.3 is 19.6 Å². The Labute approximate surface area is 164 Å². The molecular formula is C21H26N2O5. The number of benzene rings is 1. The van der Waals surface area contributed by atoms with Crippen molar-refractivity contribution in [3.05, 3.63) is 35.4 Å². The summed E-state index contributed by atoms with van der Waals surface area (Å²) in [6.45, 7) is 3.78. The fourth-order valence-corrected chi connectivity index (χ4v) is 4.76. The molecule has 28 heavy (non-hydrogen) atoms. The van der Waals surface area contributed by atoms with Crippen LogP contribution in [0.4, 0.5) is 0 Å². The molecule has 3 saturated heterocycles. The first-order valence-corrected chi connectivity index (χ1v) is 9.86. The van der Waals surface area contributed by atoms with E-state index in [1.54, 1.807) is 9.80 Å². The number of hydrogen-bond donors (Lipinski definition) is 1. The first-order chi connectivity index (χ1) is 13.4. The summed E-state index contributed by atoms with van der Waals surface area (Å²) in [5.74, 6) is -1.19. The number of aliphatic carboxylic acids is 1. The van der Waals surface area contributed by atoms with E-state index in [0.717, 1.165) is 11.1 Å². The van der Waals surface area contributed by atoms with E-state index in [9.17, 15) is 19.5 Å². The van der Waals surface area contributed by atoms with Crippen LogP contribution >= 0.6 is 0 Å². The van der Waals surface area contributed by atoms with Crippen LogP contribution in [0.2, 0.25) is 0 Å². The van der Waals surface area contributed by atoms with Gasteiger partial charge in [0.25, 0.3) is 0 Å². The van der Waals surface area contributed by atoms with E-state index in [4.69, 9.17) is 4.74 Å².